The van der Waals surface area contributed by atoms with E-state index in [1.54, 1.807) is 0 Å². The lowest BCUT2D eigenvalue weighted by Crippen LogP contribution is -2.05. The normalized spacial score (nSPS) is 11.1. The molecule has 0 spiro atoms. The summed E-state index contributed by atoms with van der Waals surface area (Å²) in [4.78, 5) is 0. The second-order valence-corrected chi connectivity index (χ2v) is 4.20. The minimum Gasteiger partial charge on any atom is -0.316 e. The van der Waals surface area contributed by atoms with Crippen LogP contribution in [0.1, 0.15) is 12.5 Å². The van der Waals surface area contributed by atoms with E-state index in [1.165, 1.54) is 10.9 Å². The highest BCUT2D eigenvalue weighted by molar-refractivity contribution is 9.10. The van der Waals surface area contributed by atoms with Crippen molar-refractivity contribution in [1.82, 2.24) is 15.1 Å². The minimum absolute atomic E-state index is 0.852. The monoisotopic (exact) mass is 267 g/mol. The molecule has 1 heterocycles. The highest BCUT2D eigenvalue weighted by Gasteiger charge is 2.09. The van der Waals surface area contributed by atoms with E-state index < -0.39 is 0 Å². The van der Waals surface area contributed by atoms with Gasteiger partial charge in [-0.3, -0.25) is 4.68 Å². The Morgan fingerprint density at radius 3 is 2.93 bits per heavy atom. The van der Waals surface area contributed by atoms with Crippen LogP contribution in [0.4, 0.5) is 0 Å². The van der Waals surface area contributed by atoms with E-state index in [0.717, 1.165) is 23.2 Å². The molecule has 0 aliphatic rings. The number of nitrogens with zero attached hydrogens (tertiary/aromatic N) is 2. The third-order valence-electron chi connectivity index (χ3n) is 2.46. The van der Waals surface area contributed by atoms with Gasteiger partial charge in [0.2, 0.25) is 0 Å². The molecule has 15 heavy (non-hydrogen) atoms. The van der Waals surface area contributed by atoms with Gasteiger partial charge in [0.05, 0.1) is 5.52 Å². The van der Waals surface area contributed by atoms with E-state index >= 15 is 0 Å². The Kier molecular flexibility index (Phi) is 3.07. The summed E-state index contributed by atoms with van der Waals surface area (Å²) < 4.78 is 3.04. The molecule has 0 aliphatic carbocycles. The predicted molar refractivity (Wildman–Crippen MR) is 65.9 cm³/mol. The van der Waals surface area contributed by atoms with E-state index in [0.29, 0.717) is 0 Å². The van der Waals surface area contributed by atoms with Crippen LogP contribution in [0.25, 0.3) is 10.9 Å². The zero-order chi connectivity index (χ0) is 10.8. The van der Waals surface area contributed by atoms with Crippen LogP contribution < -0.4 is 5.32 Å². The molecule has 3 nitrogen and oxygen atoms in total. The zero-order valence-corrected chi connectivity index (χ0v) is 10.5. The zero-order valence-electron chi connectivity index (χ0n) is 8.92. The van der Waals surface area contributed by atoms with Crippen LogP contribution in [0, 0.1) is 0 Å². The van der Waals surface area contributed by atoms with Crippen molar-refractivity contribution in [3.63, 3.8) is 0 Å². The molecule has 0 saturated carbocycles. The van der Waals surface area contributed by atoms with Crippen LogP contribution in [0.2, 0.25) is 0 Å². The van der Waals surface area contributed by atoms with Gasteiger partial charge >= 0.3 is 0 Å². The maximum atomic E-state index is 4.58. The summed E-state index contributed by atoms with van der Waals surface area (Å²) in [6.07, 6.45) is 0. The Hall–Kier alpha value is -0.870. The molecule has 1 aromatic heterocycles. The molecule has 80 valence electrons. The van der Waals surface area contributed by atoms with Crippen molar-refractivity contribution in [2.24, 2.45) is 0 Å². The first-order valence-corrected chi connectivity index (χ1v) is 5.85. The summed E-state index contributed by atoms with van der Waals surface area (Å²) >= 11 is 3.58. The Labute approximate surface area is 97.6 Å². The van der Waals surface area contributed by atoms with Crippen molar-refractivity contribution < 1.29 is 0 Å². The average molecular weight is 268 g/mol. The second kappa shape index (κ2) is 4.33. The van der Waals surface area contributed by atoms with Gasteiger partial charge in [0.15, 0.2) is 0 Å². The van der Waals surface area contributed by atoms with E-state index in [4.69, 9.17) is 0 Å². The van der Waals surface area contributed by atoms with Gasteiger partial charge in [0, 0.05) is 18.5 Å². The minimum atomic E-state index is 0.852. The summed E-state index contributed by atoms with van der Waals surface area (Å²) in [6, 6.07) is 6.28. The largest absolute Gasteiger partial charge is 0.316 e. The van der Waals surface area contributed by atoms with Gasteiger partial charge in [0.1, 0.15) is 4.60 Å². The third-order valence-corrected chi connectivity index (χ3v) is 3.29. The molecular weight excluding hydrogens is 254 g/mol. The lowest BCUT2D eigenvalue weighted by molar-refractivity contribution is 0.652. The first-order valence-electron chi connectivity index (χ1n) is 5.06. The number of fused-ring (bicyclic) bond motifs is 1. The summed E-state index contributed by atoms with van der Waals surface area (Å²) in [5.74, 6) is 0. The Balaban J connectivity index is 2.65. The fraction of sp³-hybridized carbons (Fsp3) is 0.364. The molecule has 0 amide bonds. The van der Waals surface area contributed by atoms with Gasteiger partial charge in [-0.15, -0.1) is 0 Å². The number of aromatic nitrogens is 2. The van der Waals surface area contributed by atoms with Crippen LogP contribution in [0.5, 0.6) is 0 Å². The summed E-state index contributed by atoms with van der Waals surface area (Å²) in [5, 5.41) is 8.92. The van der Waals surface area contributed by atoms with Gasteiger partial charge in [0.25, 0.3) is 0 Å². The molecule has 2 rings (SSSR count). The molecule has 0 radical (unpaired) electrons. The second-order valence-electron chi connectivity index (χ2n) is 3.45. The smallest absolute Gasteiger partial charge is 0.111 e. The number of rotatable bonds is 3. The van der Waals surface area contributed by atoms with E-state index in [9.17, 15) is 0 Å². The highest BCUT2D eigenvalue weighted by Crippen LogP contribution is 2.26. The Bertz CT molecular complexity index is 476. The van der Waals surface area contributed by atoms with Gasteiger partial charge in [-0.05, 0) is 35.5 Å². The summed E-state index contributed by atoms with van der Waals surface area (Å²) in [5.41, 5.74) is 2.32. The molecule has 0 bridgehead atoms. The van der Waals surface area contributed by atoms with Crippen LogP contribution in [0.3, 0.4) is 0 Å². The number of hydrogen-bond donors (Lipinski definition) is 1. The van der Waals surface area contributed by atoms with Crippen molar-refractivity contribution in [3.8, 4) is 0 Å². The van der Waals surface area contributed by atoms with Crippen LogP contribution in [-0.2, 0) is 13.1 Å². The van der Waals surface area contributed by atoms with E-state index in [-0.39, 0.29) is 0 Å². The standard InChI is InChI=1S/C11H14BrN3/c1-3-15-11(12)9-6-4-5-8(7-13-2)10(9)14-15/h4-6,13H,3,7H2,1-2H3. The Morgan fingerprint density at radius 1 is 1.47 bits per heavy atom. The molecular formula is C11H14BrN3. The van der Waals surface area contributed by atoms with Gasteiger partial charge in [-0.2, -0.15) is 5.10 Å². The maximum absolute atomic E-state index is 4.58. The average Bonchev–Trinajstić information content (AvgIpc) is 2.58. The molecule has 0 saturated heterocycles. The lowest BCUT2D eigenvalue weighted by Gasteiger charge is -1.99. The summed E-state index contributed by atoms with van der Waals surface area (Å²) in [7, 11) is 1.95. The fourth-order valence-electron chi connectivity index (χ4n) is 1.72. The van der Waals surface area contributed by atoms with Crippen LogP contribution in [-0.4, -0.2) is 16.8 Å². The molecule has 1 N–H and O–H groups in total. The number of benzene rings is 1. The Morgan fingerprint density at radius 2 is 2.27 bits per heavy atom. The maximum Gasteiger partial charge on any atom is 0.111 e. The quantitative estimate of drug-likeness (QED) is 0.927. The van der Waals surface area contributed by atoms with Crippen LogP contribution in [0.15, 0.2) is 22.8 Å². The molecule has 0 atom stereocenters. The number of hydrogen-bond acceptors (Lipinski definition) is 2. The molecule has 4 heteroatoms. The fourth-order valence-corrected chi connectivity index (χ4v) is 2.37. The van der Waals surface area contributed by atoms with E-state index in [2.05, 4.69) is 51.5 Å². The lowest BCUT2D eigenvalue weighted by atomic mass is 10.1. The van der Waals surface area contributed by atoms with Crippen molar-refractivity contribution in [1.29, 1.82) is 0 Å². The van der Waals surface area contributed by atoms with E-state index in [1.807, 2.05) is 11.7 Å². The molecule has 2 aromatic rings. The van der Waals surface area contributed by atoms with Gasteiger partial charge < -0.3 is 5.32 Å². The molecule has 0 aliphatic heterocycles. The third kappa shape index (κ3) is 1.79. The first kappa shape index (κ1) is 10.6. The summed E-state index contributed by atoms with van der Waals surface area (Å²) in [6.45, 7) is 3.83. The highest BCUT2D eigenvalue weighted by atomic mass is 79.9. The van der Waals surface area contributed by atoms with Crippen molar-refractivity contribution >= 4 is 26.8 Å². The molecule has 0 fully saturated rings. The first-order chi connectivity index (χ1) is 7.27. The molecule has 1 aromatic carbocycles. The predicted octanol–water partition coefficient (Wildman–Crippen LogP) is 2.54. The number of halogens is 1. The SMILES string of the molecule is CCn1nc2c(CNC)cccc2c1Br. The topological polar surface area (TPSA) is 29.9 Å². The number of nitrogens with one attached hydrogen (secondary N) is 1. The van der Waals surface area contributed by atoms with Gasteiger partial charge in [-0.1, -0.05) is 18.2 Å². The van der Waals surface area contributed by atoms with Crippen molar-refractivity contribution in [2.45, 2.75) is 20.0 Å². The van der Waals surface area contributed by atoms with Crippen LogP contribution >= 0.6 is 15.9 Å². The van der Waals surface area contributed by atoms with Gasteiger partial charge in [-0.25, -0.2) is 0 Å². The molecule has 0 unspecified atom stereocenters. The number of aryl methyl sites for hydroxylation is 1. The van der Waals surface area contributed by atoms with Crippen molar-refractivity contribution in [3.05, 3.63) is 28.4 Å². The van der Waals surface area contributed by atoms with Crippen molar-refractivity contribution in [2.75, 3.05) is 7.05 Å².